The molecule has 32 heavy (non-hydrogen) atoms. The van der Waals surface area contributed by atoms with Crippen LogP contribution >= 0.6 is 27.7 Å². The Labute approximate surface area is 200 Å². The first-order valence-electron chi connectivity index (χ1n) is 11.2. The standard InChI is InChI=1S/C23H29BrN2O5S/c1-2-31-22(30)16-17-21(29)26(10-6-7-11-27)19(23(17)12-15(24)18(16)32-23)20(28)25-13-14-8-4-3-5-9-14/h3-5,8-9,15-19,27H,2,6-7,10-13H2,1H3,(H,25,28)/t15?,16-,17-,18-,19?,23?/m0/s1. The molecule has 3 aliphatic heterocycles. The Morgan fingerprint density at radius 1 is 1.31 bits per heavy atom. The Balaban J connectivity index is 1.63. The maximum absolute atomic E-state index is 13.6. The molecule has 0 aliphatic carbocycles. The number of esters is 1. The van der Waals surface area contributed by atoms with Crippen molar-refractivity contribution in [3.8, 4) is 0 Å². The minimum absolute atomic E-state index is 0.0349. The van der Waals surface area contributed by atoms with E-state index in [0.29, 0.717) is 32.4 Å². The van der Waals surface area contributed by atoms with E-state index >= 15 is 0 Å². The van der Waals surface area contributed by atoms with Crippen LogP contribution in [0.15, 0.2) is 30.3 Å². The molecule has 3 heterocycles. The Hall–Kier alpha value is -1.58. The van der Waals surface area contributed by atoms with E-state index < -0.39 is 22.6 Å². The van der Waals surface area contributed by atoms with Crippen molar-refractivity contribution in [1.82, 2.24) is 10.2 Å². The van der Waals surface area contributed by atoms with Crippen LogP contribution in [0, 0.1) is 11.8 Å². The zero-order valence-electron chi connectivity index (χ0n) is 18.0. The predicted octanol–water partition coefficient (Wildman–Crippen LogP) is 2.10. The number of amides is 2. The molecule has 7 nitrogen and oxygen atoms in total. The second-order valence-electron chi connectivity index (χ2n) is 8.58. The SMILES string of the molecule is CCOC(=O)[C@H]1[C@H]2C(=O)N(CCCCO)C(C(=O)NCc3ccccc3)C23CC(Br)[C@@H]1S3. The predicted molar refractivity (Wildman–Crippen MR) is 125 cm³/mol. The van der Waals surface area contributed by atoms with Crippen molar-refractivity contribution >= 4 is 45.5 Å². The molecule has 6 atom stereocenters. The van der Waals surface area contributed by atoms with Crippen LogP contribution in [0.3, 0.4) is 0 Å². The molecule has 174 valence electrons. The van der Waals surface area contributed by atoms with E-state index in [9.17, 15) is 19.5 Å². The molecule has 0 saturated carbocycles. The summed E-state index contributed by atoms with van der Waals surface area (Å²) in [5, 5.41) is 12.1. The van der Waals surface area contributed by atoms with Crippen molar-refractivity contribution in [2.24, 2.45) is 11.8 Å². The van der Waals surface area contributed by atoms with Gasteiger partial charge in [-0.05, 0) is 31.7 Å². The number of aliphatic hydroxyl groups excluding tert-OH is 1. The number of nitrogens with one attached hydrogen (secondary N) is 1. The molecule has 1 spiro atoms. The number of likely N-dealkylation sites (tertiary alicyclic amines) is 1. The van der Waals surface area contributed by atoms with Gasteiger partial charge in [0.25, 0.3) is 0 Å². The van der Waals surface area contributed by atoms with Crippen LogP contribution in [-0.4, -0.2) is 68.4 Å². The Bertz CT molecular complexity index is 871. The fraction of sp³-hybridized carbons (Fsp3) is 0.609. The van der Waals surface area contributed by atoms with Crippen LogP contribution in [0.2, 0.25) is 0 Å². The molecular formula is C23H29BrN2O5S. The van der Waals surface area contributed by atoms with E-state index in [1.54, 1.807) is 23.6 Å². The van der Waals surface area contributed by atoms with Gasteiger partial charge in [0.2, 0.25) is 11.8 Å². The summed E-state index contributed by atoms with van der Waals surface area (Å²) in [6, 6.07) is 9.00. The minimum Gasteiger partial charge on any atom is -0.466 e. The van der Waals surface area contributed by atoms with E-state index in [1.165, 1.54) is 0 Å². The van der Waals surface area contributed by atoms with Crippen molar-refractivity contribution in [2.45, 2.75) is 53.6 Å². The lowest BCUT2D eigenvalue weighted by atomic mass is 9.71. The van der Waals surface area contributed by atoms with Crippen molar-refractivity contribution in [1.29, 1.82) is 0 Å². The highest BCUT2D eigenvalue weighted by atomic mass is 79.9. The number of carbonyl (C=O) groups is 3. The van der Waals surface area contributed by atoms with Crippen LogP contribution in [-0.2, 0) is 25.7 Å². The van der Waals surface area contributed by atoms with Gasteiger partial charge in [-0.2, -0.15) is 0 Å². The van der Waals surface area contributed by atoms with E-state index in [4.69, 9.17) is 4.74 Å². The fourth-order valence-corrected chi connectivity index (χ4v) is 9.05. The summed E-state index contributed by atoms with van der Waals surface area (Å²) in [6.07, 6.45) is 1.80. The van der Waals surface area contributed by atoms with Gasteiger partial charge in [0.05, 0.1) is 23.2 Å². The number of ether oxygens (including phenoxy) is 1. The first-order chi connectivity index (χ1) is 15.4. The summed E-state index contributed by atoms with van der Waals surface area (Å²) in [7, 11) is 0. The van der Waals surface area contributed by atoms with Crippen LogP contribution in [0.5, 0.6) is 0 Å². The first kappa shape index (κ1) is 23.6. The molecule has 3 aliphatic rings. The maximum Gasteiger partial charge on any atom is 0.310 e. The first-order valence-corrected chi connectivity index (χ1v) is 13.0. The highest BCUT2D eigenvalue weighted by molar-refractivity contribution is 9.09. The smallest absolute Gasteiger partial charge is 0.310 e. The molecule has 3 fully saturated rings. The molecule has 2 N–H and O–H groups in total. The number of benzene rings is 1. The van der Waals surface area contributed by atoms with Gasteiger partial charge in [-0.3, -0.25) is 14.4 Å². The highest BCUT2D eigenvalue weighted by Gasteiger charge is 2.75. The van der Waals surface area contributed by atoms with Crippen LogP contribution in [0.1, 0.15) is 31.7 Å². The summed E-state index contributed by atoms with van der Waals surface area (Å²) in [5.74, 6) is -1.80. The number of nitrogens with zero attached hydrogens (tertiary/aromatic N) is 1. The Morgan fingerprint density at radius 3 is 2.75 bits per heavy atom. The molecule has 2 amide bonds. The largest absolute Gasteiger partial charge is 0.466 e. The van der Waals surface area contributed by atoms with Gasteiger partial charge in [-0.25, -0.2) is 0 Å². The van der Waals surface area contributed by atoms with E-state index in [2.05, 4.69) is 21.2 Å². The van der Waals surface area contributed by atoms with Gasteiger partial charge >= 0.3 is 5.97 Å². The van der Waals surface area contributed by atoms with Crippen molar-refractivity contribution in [2.75, 3.05) is 19.8 Å². The number of fused-ring (bicyclic) bond motifs is 1. The summed E-state index contributed by atoms with van der Waals surface area (Å²) < 4.78 is 4.68. The number of hydrogen-bond donors (Lipinski definition) is 2. The number of thioether (sulfide) groups is 1. The number of carbonyl (C=O) groups excluding carboxylic acids is 3. The molecule has 9 heteroatoms. The second-order valence-corrected chi connectivity index (χ2v) is 11.3. The molecule has 4 rings (SSSR count). The number of halogens is 1. The monoisotopic (exact) mass is 524 g/mol. The maximum atomic E-state index is 13.6. The zero-order valence-corrected chi connectivity index (χ0v) is 20.4. The van der Waals surface area contributed by atoms with Gasteiger partial charge in [0.1, 0.15) is 6.04 Å². The third-order valence-corrected chi connectivity index (χ3v) is 9.93. The molecule has 1 aromatic rings. The van der Waals surface area contributed by atoms with Crippen LogP contribution in [0.4, 0.5) is 0 Å². The van der Waals surface area contributed by atoms with E-state index in [-0.39, 0.29) is 41.1 Å². The van der Waals surface area contributed by atoms with E-state index in [1.807, 2.05) is 30.3 Å². The molecule has 2 bridgehead atoms. The van der Waals surface area contributed by atoms with Crippen LogP contribution in [0.25, 0.3) is 0 Å². The normalized spacial score (nSPS) is 32.8. The molecule has 0 radical (unpaired) electrons. The highest BCUT2D eigenvalue weighted by Crippen LogP contribution is 2.67. The number of unbranched alkanes of at least 4 members (excludes halogenated alkanes) is 1. The van der Waals surface area contributed by atoms with Gasteiger partial charge in [0.15, 0.2) is 0 Å². The molecule has 1 aromatic carbocycles. The molecule has 0 aromatic heterocycles. The fourth-order valence-electron chi connectivity index (χ4n) is 5.45. The summed E-state index contributed by atoms with van der Waals surface area (Å²) in [5.41, 5.74) is 0.984. The summed E-state index contributed by atoms with van der Waals surface area (Å²) in [4.78, 5) is 41.7. The molecular weight excluding hydrogens is 496 g/mol. The second kappa shape index (κ2) is 9.73. The minimum atomic E-state index is -0.659. The molecule has 3 saturated heterocycles. The van der Waals surface area contributed by atoms with Gasteiger partial charge < -0.3 is 20.1 Å². The van der Waals surface area contributed by atoms with Gasteiger partial charge in [-0.15, -0.1) is 11.8 Å². The molecule has 3 unspecified atom stereocenters. The third-order valence-electron chi connectivity index (χ3n) is 6.71. The topological polar surface area (TPSA) is 95.9 Å². The van der Waals surface area contributed by atoms with Crippen LogP contribution < -0.4 is 5.32 Å². The summed E-state index contributed by atoms with van der Waals surface area (Å²) >= 11 is 5.32. The Kier molecular flexibility index (Phi) is 7.17. The average Bonchev–Trinajstić information content (AvgIpc) is 3.37. The number of rotatable bonds is 9. The van der Waals surface area contributed by atoms with Crippen molar-refractivity contribution in [3.63, 3.8) is 0 Å². The lowest BCUT2D eigenvalue weighted by Gasteiger charge is -2.35. The summed E-state index contributed by atoms with van der Waals surface area (Å²) in [6.45, 7) is 2.82. The third kappa shape index (κ3) is 3.96. The number of alkyl halides is 1. The van der Waals surface area contributed by atoms with Gasteiger partial charge in [-0.1, -0.05) is 46.3 Å². The zero-order chi connectivity index (χ0) is 22.9. The number of aliphatic hydroxyl groups is 1. The van der Waals surface area contributed by atoms with Crippen molar-refractivity contribution < 1.29 is 24.2 Å². The quantitative estimate of drug-likeness (QED) is 0.291. The Morgan fingerprint density at radius 2 is 2.06 bits per heavy atom. The average molecular weight is 525 g/mol. The lowest BCUT2D eigenvalue weighted by molar-refractivity contribution is -0.153. The number of hydrogen-bond acceptors (Lipinski definition) is 6. The van der Waals surface area contributed by atoms with Gasteiger partial charge in [0, 0.05) is 29.8 Å². The van der Waals surface area contributed by atoms with E-state index in [0.717, 1.165) is 5.56 Å². The lowest BCUT2D eigenvalue weighted by Crippen LogP contribution is -2.54. The van der Waals surface area contributed by atoms with Crippen molar-refractivity contribution in [3.05, 3.63) is 35.9 Å².